The first-order valence-electron chi connectivity index (χ1n) is 7.24. The first-order valence-corrected chi connectivity index (χ1v) is 7.65. The molecule has 2 aromatic carbocycles. The van der Waals surface area contributed by atoms with Crippen LogP contribution in [0.4, 0.5) is 5.69 Å². The second kappa shape index (κ2) is 7.18. The number of thiocarbonyl (C=S) groups is 1. The van der Waals surface area contributed by atoms with Crippen LogP contribution in [0.5, 0.6) is 0 Å². The van der Waals surface area contributed by atoms with Crippen molar-refractivity contribution in [3.05, 3.63) is 65.2 Å². The number of anilines is 1. The number of rotatable bonds is 5. The van der Waals surface area contributed by atoms with Crippen molar-refractivity contribution in [2.45, 2.75) is 26.2 Å². The number of nitrogens with one attached hydrogen (secondary N) is 1. The Balaban J connectivity index is 2.03. The van der Waals surface area contributed by atoms with E-state index in [2.05, 4.69) is 19.2 Å². The lowest BCUT2D eigenvalue weighted by Crippen LogP contribution is -2.13. The molecule has 0 aliphatic rings. The summed E-state index contributed by atoms with van der Waals surface area (Å²) in [5, 5.41) is 2.90. The van der Waals surface area contributed by atoms with Crippen LogP contribution in [-0.2, 0) is 6.42 Å². The van der Waals surface area contributed by atoms with Crippen molar-refractivity contribution in [3.63, 3.8) is 0 Å². The maximum Gasteiger partial charge on any atom is 0.255 e. The van der Waals surface area contributed by atoms with Gasteiger partial charge in [-0.25, -0.2) is 0 Å². The fourth-order valence-corrected chi connectivity index (χ4v) is 2.30. The Morgan fingerprint density at radius 1 is 1.09 bits per heavy atom. The van der Waals surface area contributed by atoms with Gasteiger partial charge in [0.05, 0.1) is 4.99 Å². The average molecular weight is 312 g/mol. The molecule has 0 aromatic heterocycles. The molecule has 114 valence electrons. The number of carbonyl (C=O) groups is 1. The van der Waals surface area contributed by atoms with Crippen LogP contribution in [0.3, 0.4) is 0 Å². The van der Waals surface area contributed by atoms with Crippen molar-refractivity contribution in [1.82, 2.24) is 0 Å². The van der Waals surface area contributed by atoms with Gasteiger partial charge in [-0.15, -0.1) is 0 Å². The fourth-order valence-electron chi connectivity index (χ4n) is 2.13. The highest BCUT2D eigenvalue weighted by atomic mass is 32.1. The molecular weight excluding hydrogens is 292 g/mol. The Morgan fingerprint density at radius 2 is 1.68 bits per heavy atom. The van der Waals surface area contributed by atoms with Gasteiger partial charge in [-0.3, -0.25) is 4.79 Å². The molecule has 0 heterocycles. The van der Waals surface area contributed by atoms with E-state index in [-0.39, 0.29) is 5.91 Å². The summed E-state index contributed by atoms with van der Waals surface area (Å²) in [5.74, 6) is 0.352. The Kier molecular flexibility index (Phi) is 5.28. The lowest BCUT2D eigenvalue weighted by atomic mass is 10.0. The van der Waals surface area contributed by atoms with Crippen molar-refractivity contribution >= 4 is 28.8 Å². The van der Waals surface area contributed by atoms with Gasteiger partial charge in [-0.1, -0.05) is 50.3 Å². The van der Waals surface area contributed by atoms with Crippen molar-refractivity contribution in [1.29, 1.82) is 0 Å². The molecule has 0 fully saturated rings. The molecule has 0 saturated carbocycles. The van der Waals surface area contributed by atoms with E-state index in [4.69, 9.17) is 18.0 Å². The van der Waals surface area contributed by atoms with Gasteiger partial charge >= 0.3 is 0 Å². The quantitative estimate of drug-likeness (QED) is 0.824. The monoisotopic (exact) mass is 312 g/mol. The zero-order valence-corrected chi connectivity index (χ0v) is 13.6. The number of hydrogen-bond acceptors (Lipinski definition) is 2. The van der Waals surface area contributed by atoms with E-state index in [1.807, 2.05) is 36.4 Å². The lowest BCUT2D eigenvalue weighted by molar-refractivity contribution is 0.102. The molecule has 0 unspecified atom stereocenters. The van der Waals surface area contributed by atoms with Gasteiger partial charge in [0.25, 0.3) is 5.91 Å². The van der Waals surface area contributed by atoms with E-state index in [0.29, 0.717) is 22.9 Å². The van der Waals surface area contributed by atoms with Crippen LogP contribution in [0.1, 0.15) is 41.3 Å². The Labute approximate surface area is 136 Å². The third-order valence-corrected chi connectivity index (χ3v) is 3.57. The highest BCUT2D eigenvalue weighted by Crippen LogP contribution is 2.17. The highest BCUT2D eigenvalue weighted by molar-refractivity contribution is 7.80. The van der Waals surface area contributed by atoms with Crippen LogP contribution in [0.2, 0.25) is 0 Å². The summed E-state index contributed by atoms with van der Waals surface area (Å²) in [4.78, 5) is 12.7. The number of hydrogen-bond donors (Lipinski definition) is 2. The van der Waals surface area contributed by atoms with Gasteiger partial charge in [-0.2, -0.15) is 0 Å². The lowest BCUT2D eigenvalue weighted by Gasteiger charge is -2.09. The van der Waals surface area contributed by atoms with Crippen LogP contribution in [0.15, 0.2) is 48.5 Å². The Bertz CT molecular complexity index is 660. The van der Waals surface area contributed by atoms with E-state index in [1.165, 1.54) is 5.56 Å². The standard InChI is InChI=1S/C18H20N2OS/c1-12(2)14-7-9-16(10-8-14)20-18(21)15-5-3-13(4-6-15)11-17(19)22/h3-10,12H,11H2,1-2H3,(H2,19,22)(H,20,21). The molecule has 0 bridgehead atoms. The SMILES string of the molecule is CC(C)c1ccc(NC(=O)c2ccc(CC(N)=S)cc2)cc1. The van der Waals surface area contributed by atoms with Gasteiger partial charge in [-0.05, 0) is 41.3 Å². The maximum atomic E-state index is 12.2. The maximum absolute atomic E-state index is 12.2. The van der Waals surface area contributed by atoms with E-state index in [0.717, 1.165) is 11.3 Å². The summed E-state index contributed by atoms with van der Waals surface area (Å²) in [6.45, 7) is 4.28. The van der Waals surface area contributed by atoms with Crippen LogP contribution in [-0.4, -0.2) is 10.9 Å². The van der Waals surface area contributed by atoms with E-state index >= 15 is 0 Å². The first kappa shape index (κ1) is 16.2. The molecule has 3 N–H and O–H groups in total. The van der Waals surface area contributed by atoms with Crippen molar-refractivity contribution in [2.75, 3.05) is 5.32 Å². The van der Waals surface area contributed by atoms with Gasteiger partial charge in [0, 0.05) is 17.7 Å². The predicted octanol–water partition coefficient (Wildman–Crippen LogP) is 3.89. The minimum atomic E-state index is -0.126. The summed E-state index contributed by atoms with van der Waals surface area (Å²) in [7, 11) is 0. The molecule has 0 aliphatic carbocycles. The molecule has 3 nitrogen and oxygen atoms in total. The number of nitrogens with two attached hydrogens (primary N) is 1. The van der Waals surface area contributed by atoms with E-state index in [9.17, 15) is 4.79 Å². The Morgan fingerprint density at radius 3 is 2.18 bits per heavy atom. The number of carbonyl (C=O) groups excluding carboxylic acids is 1. The van der Waals surface area contributed by atoms with Crippen molar-refractivity contribution in [3.8, 4) is 0 Å². The van der Waals surface area contributed by atoms with E-state index < -0.39 is 0 Å². The third kappa shape index (κ3) is 4.40. The molecule has 1 amide bonds. The molecule has 2 rings (SSSR count). The summed E-state index contributed by atoms with van der Waals surface area (Å²) >= 11 is 4.88. The fraction of sp³-hybridized carbons (Fsp3) is 0.222. The number of benzene rings is 2. The van der Waals surface area contributed by atoms with Crippen LogP contribution >= 0.6 is 12.2 Å². The summed E-state index contributed by atoms with van der Waals surface area (Å²) < 4.78 is 0. The molecule has 0 spiro atoms. The molecule has 0 radical (unpaired) electrons. The normalized spacial score (nSPS) is 10.5. The molecular formula is C18H20N2OS. The van der Waals surface area contributed by atoms with Gasteiger partial charge in [0.2, 0.25) is 0 Å². The molecule has 0 aliphatic heterocycles. The minimum Gasteiger partial charge on any atom is -0.393 e. The third-order valence-electron chi connectivity index (χ3n) is 3.43. The molecule has 2 aromatic rings. The summed E-state index contributed by atoms with van der Waals surface area (Å²) in [6.07, 6.45) is 0.550. The molecule has 0 saturated heterocycles. The van der Waals surface area contributed by atoms with Gasteiger partial charge in [0.1, 0.15) is 0 Å². The zero-order chi connectivity index (χ0) is 16.1. The average Bonchev–Trinajstić information content (AvgIpc) is 2.48. The van der Waals surface area contributed by atoms with Crippen molar-refractivity contribution < 1.29 is 4.79 Å². The van der Waals surface area contributed by atoms with Crippen LogP contribution in [0, 0.1) is 0 Å². The minimum absolute atomic E-state index is 0.126. The largest absolute Gasteiger partial charge is 0.393 e. The second-order valence-electron chi connectivity index (χ2n) is 5.57. The second-order valence-corrected chi connectivity index (χ2v) is 6.10. The van der Waals surface area contributed by atoms with E-state index in [1.54, 1.807) is 12.1 Å². The zero-order valence-electron chi connectivity index (χ0n) is 12.8. The predicted molar refractivity (Wildman–Crippen MR) is 95.4 cm³/mol. The Hall–Kier alpha value is -2.20. The number of amides is 1. The highest BCUT2D eigenvalue weighted by Gasteiger charge is 2.07. The molecule has 22 heavy (non-hydrogen) atoms. The van der Waals surface area contributed by atoms with Gasteiger partial charge < -0.3 is 11.1 Å². The summed E-state index contributed by atoms with van der Waals surface area (Å²) in [6, 6.07) is 15.2. The molecule has 4 heteroatoms. The van der Waals surface area contributed by atoms with Crippen LogP contribution < -0.4 is 11.1 Å². The topological polar surface area (TPSA) is 55.1 Å². The summed E-state index contributed by atoms with van der Waals surface area (Å²) in [5.41, 5.74) is 9.17. The smallest absolute Gasteiger partial charge is 0.255 e. The first-order chi connectivity index (χ1) is 10.5. The van der Waals surface area contributed by atoms with Gasteiger partial charge in [0.15, 0.2) is 0 Å². The van der Waals surface area contributed by atoms with Crippen molar-refractivity contribution in [2.24, 2.45) is 5.73 Å². The van der Waals surface area contributed by atoms with Crippen LogP contribution in [0.25, 0.3) is 0 Å². The molecule has 0 atom stereocenters.